The first kappa shape index (κ1) is 18.5. The number of nitrogens with one attached hydrogen (secondary N) is 1. The van der Waals surface area contributed by atoms with Gasteiger partial charge in [-0.25, -0.2) is 0 Å². The number of carbonyl (C=O) groups is 1. The van der Waals surface area contributed by atoms with Gasteiger partial charge in [0.1, 0.15) is 11.6 Å². The van der Waals surface area contributed by atoms with Crippen molar-refractivity contribution in [3.05, 3.63) is 35.4 Å². The Morgan fingerprint density at radius 1 is 1.19 bits per heavy atom. The Morgan fingerprint density at radius 2 is 1.92 bits per heavy atom. The van der Waals surface area contributed by atoms with Crippen molar-refractivity contribution in [3.8, 4) is 6.07 Å². The van der Waals surface area contributed by atoms with Gasteiger partial charge in [0.25, 0.3) is 5.91 Å². The minimum Gasteiger partial charge on any atom is -0.376 e. The number of benzene rings is 1. The van der Waals surface area contributed by atoms with Crippen molar-refractivity contribution in [3.63, 3.8) is 0 Å². The second-order valence-corrected chi connectivity index (χ2v) is 7.01. The van der Waals surface area contributed by atoms with Gasteiger partial charge in [-0.05, 0) is 49.5 Å². The van der Waals surface area contributed by atoms with Crippen molar-refractivity contribution in [2.45, 2.75) is 44.6 Å². The molecule has 5 heteroatoms. The number of anilines is 1. The van der Waals surface area contributed by atoms with Gasteiger partial charge >= 0.3 is 0 Å². The highest BCUT2D eigenvalue weighted by Crippen LogP contribution is 2.21. The van der Waals surface area contributed by atoms with Gasteiger partial charge < -0.3 is 15.0 Å². The molecule has 138 valence electrons. The maximum absolute atomic E-state index is 12.2. The number of amides is 1. The Balaban J connectivity index is 1.60. The Morgan fingerprint density at radius 3 is 2.54 bits per heavy atom. The summed E-state index contributed by atoms with van der Waals surface area (Å²) in [5.74, 6) is -0.334. The zero-order chi connectivity index (χ0) is 18.2. The number of hydrogen-bond acceptors (Lipinski definition) is 4. The lowest BCUT2D eigenvalue weighted by molar-refractivity contribution is -0.117. The van der Waals surface area contributed by atoms with Crippen LogP contribution in [0.5, 0.6) is 0 Å². The van der Waals surface area contributed by atoms with Gasteiger partial charge in [-0.2, -0.15) is 5.26 Å². The summed E-state index contributed by atoms with van der Waals surface area (Å²) in [7, 11) is 0. The van der Waals surface area contributed by atoms with Crippen molar-refractivity contribution in [2.24, 2.45) is 0 Å². The Kier molecular flexibility index (Phi) is 6.68. The van der Waals surface area contributed by atoms with Crippen molar-refractivity contribution < 1.29 is 9.53 Å². The monoisotopic (exact) mass is 353 g/mol. The molecule has 0 saturated carbocycles. The van der Waals surface area contributed by atoms with Crippen LogP contribution in [0, 0.1) is 11.3 Å². The van der Waals surface area contributed by atoms with Gasteiger partial charge in [-0.1, -0.05) is 25.0 Å². The van der Waals surface area contributed by atoms with Crippen LogP contribution in [0.2, 0.25) is 0 Å². The number of nitrogens with zero attached hydrogens (tertiary/aromatic N) is 2. The lowest BCUT2D eigenvalue weighted by atomic mass is 10.1. The molecule has 2 aliphatic rings. The molecule has 0 spiro atoms. The first-order chi connectivity index (χ1) is 12.8. The number of ether oxygens (including phenoxy) is 1. The van der Waals surface area contributed by atoms with E-state index < -0.39 is 0 Å². The van der Waals surface area contributed by atoms with E-state index in [0.29, 0.717) is 6.54 Å². The molecule has 2 fully saturated rings. The Bertz CT molecular complexity index is 661. The summed E-state index contributed by atoms with van der Waals surface area (Å²) < 4.78 is 5.49. The summed E-state index contributed by atoms with van der Waals surface area (Å²) in [4.78, 5) is 14.6. The molecule has 5 nitrogen and oxygen atoms in total. The number of hydrogen-bond donors (Lipinski definition) is 1. The van der Waals surface area contributed by atoms with Crippen LogP contribution in [0.4, 0.5) is 5.69 Å². The number of rotatable bonds is 5. The van der Waals surface area contributed by atoms with E-state index in [0.717, 1.165) is 38.1 Å². The first-order valence-corrected chi connectivity index (χ1v) is 9.63. The predicted octanol–water partition coefficient (Wildman–Crippen LogP) is 3.27. The molecule has 2 saturated heterocycles. The van der Waals surface area contributed by atoms with E-state index in [9.17, 15) is 10.1 Å². The normalized spacial score (nSPS) is 21.1. The fraction of sp³-hybridized carbons (Fsp3) is 0.524. The number of carbonyl (C=O) groups excluding carboxylic acids is 1. The third kappa shape index (κ3) is 5.09. The molecule has 0 aromatic heterocycles. The van der Waals surface area contributed by atoms with E-state index in [4.69, 9.17) is 4.74 Å². The molecule has 1 aromatic carbocycles. The zero-order valence-electron chi connectivity index (χ0n) is 15.2. The third-order valence-electron chi connectivity index (χ3n) is 5.05. The van der Waals surface area contributed by atoms with Gasteiger partial charge in [0, 0.05) is 31.9 Å². The summed E-state index contributed by atoms with van der Waals surface area (Å²) in [6.07, 6.45) is 8.82. The fourth-order valence-corrected chi connectivity index (χ4v) is 3.53. The summed E-state index contributed by atoms with van der Waals surface area (Å²) in [5.41, 5.74) is 2.21. The van der Waals surface area contributed by atoms with Gasteiger partial charge in [0.05, 0.1) is 6.10 Å². The molecule has 0 radical (unpaired) electrons. The van der Waals surface area contributed by atoms with Crippen LogP contribution in [0.3, 0.4) is 0 Å². The molecule has 26 heavy (non-hydrogen) atoms. The smallest absolute Gasteiger partial charge is 0.262 e. The molecule has 1 N–H and O–H groups in total. The molecule has 0 aliphatic carbocycles. The van der Waals surface area contributed by atoms with Gasteiger partial charge in [0.2, 0.25) is 0 Å². The molecule has 2 heterocycles. The molecule has 3 rings (SSSR count). The SMILES string of the molecule is N#C/C(=C\c1ccc(N2CCCCCC2)cc1)C(=O)NC[C@@H]1CCCO1. The standard InChI is InChI=1S/C21H27N3O2/c22-15-18(21(25)23-16-20-6-5-13-26-20)14-17-7-9-19(10-8-17)24-11-3-1-2-4-12-24/h7-10,14,20H,1-6,11-13,16H2,(H,23,25)/b18-14+/t20-/m0/s1. The summed E-state index contributed by atoms with van der Waals surface area (Å²) in [6, 6.07) is 10.1. The second-order valence-electron chi connectivity index (χ2n) is 7.01. The highest BCUT2D eigenvalue weighted by molar-refractivity contribution is 6.01. The molecule has 1 amide bonds. The van der Waals surface area contributed by atoms with E-state index in [1.165, 1.54) is 31.4 Å². The van der Waals surface area contributed by atoms with Crippen LogP contribution >= 0.6 is 0 Å². The summed E-state index contributed by atoms with van der Waals surface area (Å²) >= 11 is 0. The lowest BCUT2D eigenvalue weighted by Crippen LogP contribution is -2.32. The average Bonchev–Trinajstić information content (AvgIpc) is 3.05. The lowest BCUT2D eigenvalue weighted by Gasteiger charge is -2.22. The van der Waals surface area contributed by atoms with E-state index in [1.807, 2.05) is 18.2 Å². The van der Waals surface area contributed by atoms with Crippen LogP contribution in [0.1, 0.15) is 44.1 Å². The average molecular weight is 353 g/mol. The van der Waals surface area contributed by atoms with Crippen LogP contribution in [-0.4, -0.2) is 38.3 Å². The highest BCUT2D eigenvalue weighted by Gasteiger charge is 2.17. The van der Waals surface area contributed by atoms with Gasteiger partial charge in [0.15, 0.2) is 0 Å². The predicted molar refractivity (Wildman–Crippen MR) is 103 cm³/mol. The van der Waals surface area contributed by atoms with Crippen molar-refractivity contribution >= 4 is 17.7 Å². The Labute approximate surface area is 155 Å². The third-order valence-corrected chi connectivity index (χ3v) is 5.05. The molecular formula is C21H27N3O2. The van der Waals surface area contributed by atoms with E-state index >= 15 is 0 Å². The van der Waals surface area contributed by atoms with Crippen molar-refractivity contribution in [1.29, 1.82) is 5.26 Å². The molecule has 0 bridgehead atoms. The molecule has 1 aromatic rings. The molecule has 0 unspecified atom stereocenters. The fourth-order valence-electron chi connectivity index (χ4n) is 3.53. The summed E-state index contributed by atoms with van der Waals surface area (Å²) in [5, 5.41) is 12.1. The zero-order valence-corrected chi connectivity index (χ0v) is 15.2. The largest absolute Gasteiger partial charge is 0.376 e. The molecular weight excluding hydrogens is 326 g/mol. The van der Waals surface area contributed by atoms with Crippen LogP contribution in [0.15, 0.2) is 29.8 Å². The molecule has 1 atom stereocenters. The van der Waals surface area contributed by atoms with Crippen LogP contribution in [0.25, 0.3) is 6.08 Å². The minimum absolute atomic E-state index is 0.0757. The van der Waals surface area contributed by atoms with Crippen molar-refractivity contribution in [2.75, 3.05) is 31.1 Å². The minimum atomic E-state index is -0.334. The second kappa shape index (κ2) is 9.40. The number of nitriles is 1. The van der Waals surface area contributed by atoms with Gasteiger partial charge in [-0.15, -0.1) is 0 Å². The summed E-state index contributed by atoms with van der Waals surface area (Å²) in [6.45, 7) is 3.42. The maximum Gasteiger partial charge on any atom is 0.262 e. The van der Waals surface area contributed by atoms with E-state index in [2.05, 4.69) is 22.3 Å². The van der Waals surface area contributed by atoms with Crippen LogP contribution < -0.4 is 10.2 Å². The Hall–Kier alpha value is -2.32. The maximum atomic E-state index is 12.2. The van der Waals surface area contributed by atoms with E-state index in [1.54, 1.807) is 6.08 Å². The van der Waals surface area contributed by atoms with E-state index in [-0.39, 0.29) is 17.6 Å². The van der Waals surface area contributed by atoms with Crippen LogP contribution in [-0.2, 0) is 9.53 Å². The van der Waals surface area contributed by atoms with Gasteiger partial charge in [-0.3, -0.25) is 4.79 Å². The topological polar surface area (TPSA) is 65.4 Å². The quantitative estimate of drug-likeness (QED) is 0.652. The highest BCUT2D eigenvalue weighted by atomic mass is 16.5. The van der Waals surface area contributed by atoms with Crippen molar-refractivity contribution in [1.82, 2.24) is 5.32 Å². The first-order valence-electron chi connectivity index (χ1n) is 9.63. The molecule has 2 aliphatic heterocycles.